The van der Waals surface area contributed by atoms with E-state index in [2.05, 4.69) is 32.3 Å². The molecule has 1 N–H and O–H groups in total. The van der Waals surface area contributed by atoms with Crippen molar-refractivity contribution in [1.82, 2.24) is 4.98 Å². The third-order valence-electron chi connectivity index (χ3n) is 3.68. The number of aromatic nitrogens is 1. The summed E-state index contributed by atoms with van der Waals surface area (Å²) in [5, 5.41) is 3.48. The Balaban J connectivity index is 1.95. The number of hydrogen-bond donors (Lipinski definition) is 1. The highest BCUT2D eigenvalue weighted by Gasteiger charge is 2.28. The van der Waals surface area contributed by atoms with Crippen LogP contribution >= 0.6 is 15.9 Å². The number of nitrogens with zero attached hydrogens (tertiary/aromatic N) is 1. The molecule has 4 nitrogen and oxygen atoms in total. The van der Waals surface area contributed by atoms with E-state index >= 15 is 0 Å². The van der Waals surface area contributed by atoms with Crippen LogP contribution in [0.3, 0.4) is 0 Å². The average molecular weight is 341 g/mol. The number of carbonyl (C=O) groups excluding carboxylic acids is 1. The minimum absolute atomic E-state index is 0.0331. The zero-order valence-electron chi connectivity index (χ0n) is 12.0. The summed E-state index contributed by atoms with van der Waals surface area (Å²) in [6.07, 6.45) is 5.75. The van der Waals surface area contributed by atoms with Crippen molar-refractivity contribution in [3.8, 4) is 0 Å². The Labute approximate surface area is 128 Å². The number of aryl methyl sites for hydroxylation is 1. The van der Waals surface area contributed by atoms with E-state index in [1.165, 1.54) is 0 Å². The van der Waals surface area contributed by atoms with Gasteiger partial charge >= 0.3 is 5.97 Å². The first-order chi connectivity index (χ1) is 9.60. The monoisotopic (exact) mass is 340 g/mol. The topological polar surface area (TPSA) is 51.2 Å². The predicted octanol–water partition coefficient (Wildman–Crippen LogP) is 3.69. The fourth-order valence-electron chi connectivity index (χ4n) is 2.67. The van der Waals surface area contributed by atoms with Crippen molar-refractivity contribution in [3.05, 3.63) is 22.4 Å². The van der Waals surface area contributed by atoms with Crippen LogP contribution in [0, 0.1) is 12.8 Å². The van der Waals surface area contributed by atoms with E-state index in [0.717, 1.165) is 41.5 Å². The third-order valence-corrected chi connectivity index (χ3v) is 4.51. The van der Waals surface area contributed by atoms with Crippen molar-refractivity contribution in [3.63, 3.8) is 0 Å². The lowest BCUT2D eigenvalue weighted by Crippen LogP contribution is -2.32. The first-order valence-electron chi connectivity index (χ1n) is 7.15. The summed E-state index contributed by atoms with van der Waals surface area (Å²) in [4.78, 5) is 16.1. The predicted molar refractivity (Wildman–Crippen MR) is 82.7 cm³/mol. The van der Waals surface area contributed by atoms with Crippen molar-refractivity contribution in [2.75, 3.05) is 11.9 Å². The van der Waals surface area contributed by atoms with E-state index in [1.54, 1.807) is 0 Å². The number of ether oxygens (including phenoxy) is 1. The zero-order chi connectivity index (χ0) is 14.5. The molecule has 0 amide bonds. The molecule has 110 valence electrons. The van der Waals surface area contributed by atoms with Crippen LogP contribution in [0.2, 0.25) is 0 Å². The SMILES string of the molecule is CCOC(=O)C1CCCC(Nc2cnc(Br)c(C)c2)C1. The molecule has 0 saturated heterocycles. The summed E-state index contributed by atoms with van der Waals surface area (Å²) < 4.78 is 6.00. The first-order valence-corrected chi connectivity index (χ1v) is 7.94. The van der Waals surface area contributed by atoms with Crippen LogP contribution in [0.15, 0.2) is 16.9 Å². The van der Waals surface area contributed by atoms with Crippen LogP contribution < -0.4 is 5.32 Å². The van der Waals surface area contributed by atoms with Crippen molar-refractivity contribution < 1.29 is 9.53 Å². The number of rotatable bonds is 4. The van der Waals surface area contributed by atoms with Gasteiger partial charge in [0.2, 0.25) is 0 Å². The summed E-state index contributed by atoms with van der Waals surface area (Å²) in [5.41, 5.74) is 2.12. The van der Waals surface area contributed by atoms with E-state index in [4.69, 9.17) is 4.74 Å². The van der Waals surface area contributed by atoms with Crippen molar-refractivity contribution >= 4 is 27.6 Å². The summed E-state index contributed by atoms with van der Waals surface area (Å²) in [6.45, 7) is 4.33. The number of nitrogens with one attached hydrogen (secondary N) is 1. The van der Waals surface area contributed by atoms with Gasteiger partial charge in [-0.25, -0.2) is 4.98 Å². The summed E-state index contributed by atoms with van der Waals surface area (Å²) in [6, 6.07) is 2.39. The molecule has 0 bridgehead atoms. The van der Waals surface area contributed by atoms with Gasteiger partial charge < -0.3 is 10.1 Å². The van der Waals surface area contributed by atoms with Crippen molar-refractivity contribution in [1.29, 1.82) is 0 Å². The average Bonchev–Trinajstić information content (AvgIpc) is 2.43. The highest BCUT2D eigenvalue weighted by atomic mass is 79.9. The third kappa shape index (κ3) is 3.95. The van der Waals surface area contributed by atoms with Gasteiger partial charge in [-0.15, -0.1) is 0 Å². The fraction of sp³-hybridized carbons (Fsp3) is 0.600. The fourth-order valence-corrected chi connectivity index (χ4v) is 2.88. The molecular weight excluding hydrogens is 320 g/mol. The van der Waals surface area contributed by atoms with E-state index < -0.39 is 0 Å². The molecule has 0 aliphatic heterocycles. The first kappa shape index (κ1) is 15.3. The molecule has 1 aromatic heterocycles. The molecule has 0 aromatic carbocycles. The van der Waals surface area contributed by atoms with Crippen molar-refractivity contribution in [2.24, 2.45) is 5.92 Å². The molecule has 5 heteroatoms. The van der Waals surface area contributed by atoms with Crippen LogP contribution in [0.5, 0.6) is 0 Å². The molecule has 1 saturated carbocycles. The van der Waals surface area contributed by atoms with Gasteiger partial charge in [-0.05, 0) is 60.7 Å². The second-order valence-corrected chi connectivity index (χ2v) is 6.04. The molecule has 0 spiro atoms. The number of pyridine rings is 1. The summed E-state index contributed by atoms with van der Waals surface area (Å²) in [7, 11) is 0. The lowest BCUT2D eigenvalue weighted by Gasteiger charge is -2.29. The van der Waals surface area contributed by atoms with Crippen molar-refractivity contribution in [2.45, 2.75) is 45.6 Å². The van der Waals surface area contributed by atoms with Crippen LogP contribution in [0.4, 0.5) is 5.69 Å². The quantitative estimate of drug-likeness (QED) is 0.670. The van der Waals surface area contributed by atoms with Gasteiger partial charge in [-0.1, -0.05) is 6.42 Å². The van der Waals surface area contributed by atoms with Gasteiger partial charge in [-0.3, -0.25) is 4.79 Å². The largest absolute Gasteiger partial charge is 0.466 e. The molecule has 2 unspecified atom stereocenters. The number of anilines is 1. The molecule has 0 radical (unpaired) electrons. The van der Waals surface area contributed by atoms with Crippen LogP contribution in [0.1, 0.15) is 38.2 Å². The summed E-state index contributed by atoms with van der Waals surface area (Å²) in [5.74, 6) is -0.0187. The Bertz CT molecular complexity index is 479. The molecule has 1 heterocycles. The Morgan fingerprint density at radius 2 is 2.35 bits per heavy atom. The van der Waals surface area contributed by atoms with E-state index in [9.17, 15) is 4.79 Å². The second-order valence-electron chi connectivity index (χ2n) is 5.29. The van der Waals surface area contributed by atoms with Gasteiger partial charge in [0.15, 0.2) is 0 Å². The van der Waals surface area contributed by atoms with Crippen LogP contribution in [-0.2, 0) is 9.53 Å². The minimum Gasteiger partial charge on any atom is -0.466 e. The summed E-state index contributed by atoms with van der Waals surface area (Å²) >= 11 is 3.40. The molecule has 1 aliphatic rings. The zero-order valence-corrected chi connectivity index (χ0v) is 13.6. The molecule has 1 aromatic rings. The Hall–Kier alpha value is -1.10. The molecule has 1 aliphatic carbocycles. The number of halogens is 1. The Morgan fingerprint density at radius 1 is 1.55 bits per heavy atom. The van der Waals surface area contributed by atoms with Gasteiger partial charge in [0.1, 0.15) is 4.60 Å². The number of esters is 1. The highest BCUT2D eigenvalue weighted by molar-refractivity contribution is 9.10. The van der Waals surface area contributed by atoms with Crippen LogP contribution in [0.25, 0.3) is 0 Å². The lowest BCUT2D eigenvalue weighted by molar-refractivity contribution is -0.149. The van der Waals surface area contributed by atoms with E-state index in [1.807, 2.05) is 20.0 Å². The molecular formula is C15H21BrN2O2. The molecule has 1 fully saturated rings. The van der Waals surface area contributed by atoms with Crippen LogP contribution in [-0.4, -0.2) is 23.6 Å². The number of carbonyl (C=O) groups is 1. The normalized spacial score (nSPS) is 22.4. The highest BCUT2D eigenvalue weighted by Crippen LogP contribution is 2.28. The lowest BCUT2D eigenvalue weighted by atomic mass is 9.85. The van der Waals surface area contributed by atoms with Gasteiger partial charge in [0.25, 0.3) is 0 Å². The number of hydrogen-bond acceptors (Lipinski definition) is 4. The maximum absolute atomic E-state index is 11.8. The van der Waals surface area contributed by atoms with E-state index in [-0.39, 0.29) is 11.9 Å². The maximum atomic E-state index is 11.8. The molecule has 2 atom stereocenters. The Morgan fingerprint density at radius 3 is 3.05 bits per heavy atom. The minimum atomic E-state index is -0.0517. The standard InChI is InChI=1S/C15H21BrN2O2/c1-3-20-15(19)11-5-4-6-12(8-11)18-13-7-10(2)14(16)17-9-13/h7,9,11-12,18H,3-6,8H2,1-2H3. The Kier molecular flexibility index (Phi) is 5.40. The molecule has 2 rings (SSSR count). The van der Waals surface area contributed by atoms with Gasteiger partial charge in [-0.2, -0.15) is 0 Å². The maximum Gasteiger partial charge on any atom is 0.308 e. The molecule has 20 heavy (non-hydrogen) atoms. The van der Waals surface area contributed by atoms with Gasteiger partial charge in [0, 0.05) is 6.04 Å². The smallest absolute Gasteiger partial charge is 0.308 e. The van der Waals surface area contributed by atoms with Gasteiger partial charge in [0.05, 0.1) is 24.4 Å². The second kappa shape index (κ2) is 7.07. The van der Waals surface area contributed by atoms with E-state index in [0.29, 0.717) is 12.6 Å².